The second-order valence-corrected chi connectivity index (χ2v) is 10.0. The zero-order valence-corrected chi connectivity index (χ0v) is 19.5. The Morgan fingerprint density at radius 1 is 1.26 bits per heavy atom. The first kappa shape index (κ1) is 22.9. The summed E-state index contributed by atoms with van der Waals surface area (Å²) in [6, 6.07) is 9.55. The number of aliphatic hydroxyl groups is 1. The van der Waals surface area contributed by atoms with Crippen molar-refractivity contribution in [2.24, 2.45) is 5.41 Å². The number of nitrogens with one attached hydrogen (secondary N) is 1. The number of hydrogen-bond acceptors (Lipinski definition) is 5. The van der Waals surface area contributed by atoms with Crippen LogP contribution in [0.15, 0.2) is 36.4 Å². The van der Waals surface area contributed by atoms with E-state index in [1.165, 1.54) is 6.07 Å². The first-order valence-corrected chi connectivity index (χ1v) is 11.7. The van der Waals surface area contributed by atoms with Crippen molar-refractivity contribution in [2.75, 3.05) is 19.7 Å². The highest BCUT2D eigenvalue weighted by atomic mass is 35.5. The van der Waals surface area contributed by atoms with Gasteiger partial charge in [0.2, 0.25) is 0 Å². The van der Waals surface area contributed by atoms with Crippen LogP contribution in [-0.4, -0.2) is 53.7 Å². The van der Waals surface area contributed by atoms with Gasteiger partial charge in [0, 0.05) is 47.6 Å². The number of benzene rings is 2. The van der Waals surface area contributed by atoms with Crippen molar-refractivity contribution in [2.45, 2.75) is 44.4 Å². The highest BCUT2D eigenvalue weighted by molar-refractivity contribution is 6.30. The summed E-state index contributed by atoms with van der Waals surface area (Å²) in [4.78, 5) is 26.8. The number of likely N-dealkylation sites (tertiary alicyclic amines) is 1. The van der Waals surface area contributed by atoms with E-state index in [1.54, 1.807) is 42.2 Å². The molecule has 2 aliphatic heterocycles. The van der Waals surface area contributed by atoms with Gasteiger partial charge < -0.3 is 24.8 Å². The Morgan fingerprint density at radius 3 is 2.76 bits per heavy atom. The lowest BCUT2D eigenvalue weighted by Gasteiger charge is -2.59. The van der Waals surface area contributed by atoms with E-state index < -0.39 is 12.2 Å². The number of aliphatic hydroxyl groups excluding tert-OH is 1. The lowest BCUT2D eigenvalue weighted by Crippen LogP contribution is -2.69. The second kappa shape index (κ2) is 8.74. The van der Waals surface area contributed by atoms with Gasteiger partial charge in [-0.15, -0.1) is 0 Å². The highest BCUT2D eigenvalue weighted by Crippen LogP contribution is 2.49. The maximum Gasteiger partial charge on any atom is 0.263 e. The second-order valence-electron chi connectivity index (χ2n) is 9.61. The molecule has 0 radical (unpaired) electrons. The lowest BCUT2D eigenvalue weighted by molar-refractivity contribution is -0.162. The summed E-state index contributed by atoms with van der Waals surface area (Å²) in [7, 11) is 0. The van der Waals surface area contributed by atoms with Crippen molar-refractivity contribution in [3.8, 4) is 11.5 Å². The molecule has 1 spiro atoms. The molecule has 180 valence electrons. The van der Waals surface area contributed by atoms with E-state index in [1.807, 2.05) is 0 Å². The number of nitrogens with zero attached hydrogens (tertiary/aromatic N) is 1. The quantitative estimate of drug-likeness (QED) is 0.675. The fraction of sp³-hybridized carbons (Fsp3) is 0.440. The Balaban J connectivity index is 1.06. The Hall–Kier alpha value is -2.84. The van der Waals surface area contributed by atoms with Gasteiger partial charge in [-0.25, -0.2) is 4.39 Å². The van der Waals surface area contributed by atoms with Gasteiger partial charge >= 0.3 is 0 Å². The molecule has 2 atom stereocenters. The molecule has 2 amide bonds. The monoisotopic (exact) mass is 488 g/mol. The van der Waals surface area contributed by atoms with Crippen LogP contribution in [0.1, 0.15) is 36.5 Å². The van der Waals surface area contributed by atoms with E-state index >= 15 is 0 Å². The van der Waals surface area contributed by atoms with Gasteiger partial charge in [0.25, 0.3) is 11.8 Å². The molecule has 2 N–H and O–H groups in total. The molecule has 1 saturated carbocycles. The maximum absolute atomic E-state index is 13.6. The molecule has 7 nitrogen and oxygen atoms in total. The van der Waals surface area contributed by atoms with Gasteiger partial charge in [-0.3, -0.25) is 9.59 Å². The van der Waals surface area contributed by atoms with Gasteiger partial charge in [-0.2, -0.15) is 0 Å². The molecule has 0 aromatic heterocycles. The Kier molecular flexibility index (Phi) is 5.90. The number of rotatable bonds is 5. The zero-order valence-electron chi connectivity index (χ0n) is 18.7. The van der Waals surface area contributed by atoms with Crippen molar-refractivity contribution >= 4 is 23.4 Å². The summed E-state index contributed by atoms with van der Waals surface area (Å²) in [6.45, 7) is 2.71. The maximum atomic E-state index is 13.6. The summed E-state index contributed by atoms with van der Waals surface area (Å²) < 4.78 is 24.8. The molecule has 34 heavy (non-hydrogen) atoms. The average molecular weight is 489 g/mol. The van der Waals surface area contributed by atoms with E-state index in [4.69, 9.17) is 21.1 Å². The lowest BCUT2D eigenvalue weighted by atomic mass is 9.60. The van der Waals surface area contributed by atoms with Crippen molar-refractivity contribution in [1.29, 1.82) is 0 Å². The minimum atomic E-state index is -0.798. The van der Waals surface area contributed by atoms with Gasteiger partial charge in [-0.05, 0) is 49.6 Å². The van der Waals surface area contributed by atoms with Gasteiger partial charge in [-0.1, -0.05) is 17.7 Å². The Labute approximate surface area is 201 Å². The molecule has 2 heterocycles. The van der Waals surface area contributed by atoms with Crippen LogP contribution in [0.3, 0.4) is 0 Å². The van der Waals surface area contributed by atoms with Crippen molar-refractivity contribution < 1.29 is 28.6 Å². The summed E-state index contributed by atoms with van der Waals surface area (Å²) in [5, 5.41) is 13.9. The van der Waals surface area contributed by atoms with Crippen LogP contribution >= 0.6 is 11.6 Å². The van der Waals surface area contributed by atoms with Gasteiger partial charge in [0.1, 0.15) is 17.3 Å². The number of fused-ring (bicyclic) bond motifs is 1. The minimum absolute atomic E-state index is 0.0211. The van der Waals surface area contributed by atoms with Crippen molar-refractivity contribution in [3.63, 3.8) is 0 Å². The molecule has 0 unspecified atom stereocenters. The van der Waals surface area contributed by atoms with Crippen LogP contribution in [0, 0.1) is 18.2 Å². The summed E-state index contributed by atoms with van der Waals surface area (Å²) in [5.74, 6) is 0.0496. The number of aryl methyl sites for hydroxylation is 1. The first-order chi connectivity index (χ1) is 16.2. The number of halogens is 2. The fourth-order valence-corrected chi connectivity index (χ4v) is 5.30. The number of carbonyl (C=O) groups is 2. The standard InChI is InChI=1S/C25H26ClFN2O5/c1-14-2-4-17(7-19(14)27)33-11-23(31)28-16-9-25(10-16)12-29(13-25)24(32)22-8-20(30)18-6-15(26)3-5-21(18)34-22/h2-7,16,20,22,30H,8-13H2,1H3,(H,28,31)/t20-,22-/m0/s1. The van der Waals surface area contributed by atoms with Crippen LogP contribution in [0.25, 0.3) is 0 Å². The molecule has 2 fully saturated rings. The van der Waals surface area contributed by atoms with Crippen molar-refractivity contribution in [1.82, 2.24) is 10.2 Å². The van der Waals surface area contributed by atoms with E-state index in [0.717, 1.165) is 12.8 Å². The van der Waals surface area contributed by atoms with E-state index in [-0.39, 0.29) is 42.1 Å². The number of ether oxygens (including phenoxy) is 2. The predicted molar refractivity (Wildman–Crippen MR) is 122 cm³/mol. The molecule has 2 aromatic carbocycles. The van der Waals surface area contributed by atoms with Crippen LogP contribution in [-0.2, 0) is 9.59 Å². The summed E-state index contributed by atoms with van der Waals surface area (Å²) in [5.41, 5.74) is 1.14. The minimum Gasteiger partial charge on any atom is -0.484 e. The average Bonchev–Trinajstić information content (AvgIpc) is 2.75. The SMILES string of the molecule is Cc1ccc(OCC(=O)NC2CC3(C2)CN(C(=O)[C@@H]2C[C@H](O)c4cc(Cl)ccc4O2)C3)cc1F. The molecule has 2 aromatic rings. The van der Waals surface area contributed by atoms with Gasteiger partial charge in [0.05, 0.1) is 6.10 Å². The molecule has 0 bridgehead atoms. The third kappa shape index (κ3) is 4.44. The topological polar surface area (TPSA) is 88.1 Å². The zero-order chi connectivity index (χ0) is 24.0. The summed E-state index contributed by atoms with van der Waals surface area (Å²) in [6.07, 6.45) is 0.252. The third-order valence-corrected chi connectivity index (χ3v) is 7.15. The van der Waals surface area contributed by atoms with Gasteiger partial charge in [0.15, 0.2) is 12.7 Å². The van der Waals surface area contributed by atoms with Crippen LogP contribution in [0.4, 0.5) is 4.39 Å². The van der Waals surface area contributed by atoms with Crippen LogP contribution in [0.2, 0.25) is 5.02 Å². The van der Waals surface area contributed by atoms with E-state index in [2.05, 4.69) is 5.32 Å². The molecule has 3 aliphatic rings. The number of carbonyl (C=O) groups excluding carboxylic acids is 2. The highest BCUT2D eigenvalue weighted by Gasteiger charge is 2.55. The molecular weight excluding hydrogens is 463 g/mol. The number of amides is 2. The molecule has 1 saturated heterocycles. The molecule has 1 aliphatic carbocycles. The fourth-order valence-electron chi connectivity index (χ4n) is 5.12. The van der Waals surface area contributed by atoms with E-state index in [0.29, 0.717) is 40.7 Å². The van der Waals surface area contributed by atoms with Crippen LogP contribution < -0.4 is 14.8 Å². The Bertz CT molecular complexity index is 1130. The molecule has 5 rings (SSSR count). The van der Waals surface area contributed by atoms with Crippen molar-refractivity contribution in [3.05, 3.63) is 58.4 Å². The van der Waals surface area contributed by atoms with Crippen LogP contribution in [0.5, 0.6) is 11.5 Å². The Morgan fingerprint density at radius 2 is 2.03 bits per heavy atom. The molecule has 9 heteroatoms. The smallest absolute Gasteiger partial charge is 0.263 e. The predicted octanol–water partition coefficient (Wildman–Crippen LogP) is 3.16. The molecular formula is C25H26ClFN2O5. The largest absolute Gasteiger partial charge is 0.484 e. The summed E-state index contributed by atoms with van der Waals surface area (Å²) >= 11 is 5.99. The first-order valence-electron chi connectivity index (χ1n) is 11.3. The third-order valence-electron chi connectivity index (χ3n) is 6.91. The number of hydrogen-bond donors (Lipinski definition) is 2. The normalized spacial score (nSPS) is 22.8. The van der Waals surface area contributed by atoms with E-state index in [9.17, 15) is 19.1 Å².